The SMILES string of the molecule is COc1cc2c(cc1OC)C(c1ccccc1)N(S(=O)(=O)c1ccccc1OC(F)F)CC2. The maximum atomic E-state index is 13.8. The van der Waals surface area contributed by atoms with Gasteiger partial charge in [-0.15, -0.1) is 0 Å². The van der Waals surface area contributed by atoms with Gasteiger partial charge in [0.05, 0.1) is 20.3 Å². The number of benzene rings is 3. The van der Waals surface area contributed by atoms with Crippen molar-refractivity contribution >= 4 is 10.0 Å². The van der Waals surface area contributed by atoms with Crippen LogP contribution in [0.4, 0.5) is 8.78 Å². The normalized spacial score (nSPS) is 16.3. The average Bonchev–Trinajstić information content (AvgIpc) is 2.82. The molecule has 0 spiro atoms. The fraction of sp³-hybridized carbons (Fsp3) is 0.250. The van der Waals surface area contributed by atoms with Crippen LogP contribution in [0.5, 0.6) is 17.2 Å². The molecule has 1 aliphatic rings. The molecule has 3 aromatic carbocycles. The number of methoxy groups -OCH3 is 2. The Morgan fingerprint density at radius 1 is 0.909 bits per heavy atom. The Labute approximate surface area is 191 Å². The molecule has 1 atom stereocenters. The number of halogens is 2. The number of hydrogen-bond acceptors (Lipinski definition) is 5. The predicted molar refractivity (Wildman–Crippen MR) is 119 cm³/mol. The lowest BCUT2D eigenvalue weighted by Crippen LogP contribution is -2.40. The standard InChI is InChI=1S/C24H23F2NO5S/c1-30-20-14-17-12-13-27(33(28,29)22-11-7-6-10-19(22)32-24(25)26)23(16-8-4-3-5-9-16)18(17)15-21(20)31-2/h3-11,14-15,23-24H,12-13H2,1-2H3. The van der Waals surface area contributed by atoms with E-state index in [0.717, 1.165) is 16.7 Å². The summed E-state index contributed by atoms with van der Waals surface area (Å²) in [6, 6.07) is 17.5. The van der Waals surface area contributed by atoms with E-state index >= 15 is 0 Å². The Balaban J connectivity index is 1.89. The van der Waals surface area contributed by atoms with Crippen molar-refractivity contribution < 1.29 is 31.4 Å². The molecule has 174 valence electrons. The lowest BCUT2D eigenvalue weighted by molar-refractivity contribution is -0.0518. The van der Waals surface area contributed by atoms with Gasteiger partial charge in [-0.25, -0.2) is 8.42 Å². The summed E-state index contributed by atoms with van der Waals surface area (Å²) in [5, 5.41) is 0. The summed E-state index contributed by atoms with van der Waals surface area (Å²) in [6.07, 6.45) is 0.413. The van der Waals surface area contributed by atoms with Crippen LogP contribution in [0.25, 0.3) is 0 Å². The highest BCUT2D eigenvalue weighted by Gasteiger charge is 2.39. The summed E-state index contributed by atoms with van der Waals surface area (Å²) in [5.41, 5.74) is 2.40. The molecule has 0 saturated carbocycles. The zero-order valence-corrected chi connectivity index (χ0v) is 18.9. The van der Waals surface area contributed by atoms with Crippen LogP contribution < -0.4 is 14.2 Å². The Morgan fingerprint density at radius 3 is 2.21 bits per heavy atom. The molecule has 1 aliphatic heterocycles. The van der Waals surface area contributed by atoms with Gasteiger partial charge in [-0.2, -0.15) is 13.1 Å². The van der Waals surface area contributed by atoms with Crippen molar-refractivity contribution in [1.29, 1.82) is 0 Å². The Bertz CT molecular complexity index is 1230. The van der Waals surface area contributed by atoms with E-state index in [-0.39, 0.29) is 11.4 Å². The van der Waals surface area contributed by atoms with Gasteiger partial charge in [-0.3, -0.25) is 0 Å². The minimum Gasteiger partial charge on any atom is -0.493 e. The number of hydrogen-bond donors (Lipinski definition) is 0. The molecule has 0 bridgehead atoms. The van der Waals surface area contributed by atoms with Crippen LogP contribution in [0, 0.1) is 0 Å². The Hall–Kier alpha value is -3.17. The molecule has 9 heteroatoms. The molecule has 3 aromatic rings. The molecular formula is C24H23F2NO5S. The average molecular weight is 476 g/mol. The molecule has 0 amide bonds. The lowest BCUT2D eigenvalue weighted by atomic mass is 9.89. The molecular weight excluding hydrogens is 452 g/mol. The number of ether oxygens (including phenoxy) is 3. The molecule has 1 unspecified atom stereocenters. The monoisotopic (exact) mass is 475 g/mol. The maximum Gasteiger partial charge on any atom is 0.387 e. The fourth-order valence-corrected chi connectivity index (χ4v) is 5.86. The van der Waals surface area contributed by atoms with Crippen LogP contribution in [-0.2, 0) is 16.4 Å². The molecule has 0 radical (unpaired) electrons. The van der Waals surface area contributed by atoms with Crippen LogP contribution in [0.3, 0.4) is 0 Å². The summed E-state index contributed by atoms with van der Waals surface area (Å²) >= 11 is 0. The van der Waals surface area contributed by atoms with Crippen LogP contribution >= 0.6 is 0 Å². The molecule has 0 N–H and O–H groups in total. The number of alkyl halides is 2. The summed E-state index contributed by atoms with van der Waals surface area (Å²) in [5.74, 6) is 0.630. The Kier molecular flexibility index (Phi) is 6.53. The van der Waals surface area contributed by atoms with E-state index in [1.54, 1.807) is 13.2 Å². The first-order chi connectivity index (χ1) is 15.9. The number of nitrogens with zero attached hydrogens (tertiary/aromatic N) is 1. The molecule has 0 aromatic heterocycles. The second kappa shape index (κ2) is 9.36. The van der Waals surface area contributed by atoms with Crippen LogP contribution in [0.15, 0.2) is 71.6 Å². The Morgan fingerprint density at radius 2 is 1.55 bits per heavy atom. The van der Waals surface area contributed by atoms with Crippen LogP contribution in [0.2, 0.25) is 0 Å². The number of rotatable bonds is 7. The molecule has 33 heavy (non-hydrogen) atoms. The maximum absolute atomic E-state index is 13.8. The van der Waals surface area contributed by atoms with Gasteiger partial charge in [-0.05, 0) is 47.4 Å². The third kappa shape index (κ3) is 4.38. The second-order valence-electron chi connectivity index (χ2n) is 7.41. The highest BCUT2D eigenvalue weighted by molar-refractivity contribution is 7.89. The van der Waals surface area contributed by atoms with Gasteiger partial charge in [0.2, 0.25) is 10.0 Å². The van der Waals surface area contributed by atoms with Gasteiger partial charge < -0.3 is 14.2 Å². The van der Waals surface area contributed by atoms with Gasteiger partial charge in [-0.1, -0.05) is 42.5 Å². The second-order valence-corrected chi connectivity index (χ2v) is 9.27. The summed E-state index contributed by atoms with van der Waals surface area (Å²) in [6.45, 7) is -3.00. The summed E-state index contributed by atoms with van der Waals surface area (Å²) < 4.78 is 70.3. The largest absolute Gasteiger partial charge is 0.493 e. The van der Waals surface area contributed by atoms with Crippen molar-refractivity contribution in [2.24, 2.45) is 0 Å². The van der Waals surface area contributed by atoms with Gasteiger partial charge in [0, 0.05) is 6.54 Å². The van der Waals surface area contributed by atoms with Crippen LogP contribution in [-0.4, -0.2) is 40.1 Å². The van der Waals surface area contributed by atoms with E-state index in [1.807, 2.05) is 36.4 Å². The third-order valence-electron chi connectivity index (χ3n) is 5.60. The van der Waals surface area contributed by atoms with E-state index in [0.29, 0.717) is 17.9 Å². The van der Waals surface area contributed by atoms with E-state index < -0.39 is 28.4 Å². The van der Waals surface area contributed by atoms with Crippen molar-refractivity contribution in [2.45, 2.75) is 24.0 Å². The zero-order chi connectivity index (χ0) is 23.6. The van der Waals surface area contributed by atoms with E-state index in [9.17, 15) is 17.2 Å². The number of sulfonamides is 1. The molecule has 0 saturated heterocycles. The van der Waals surface area contributed by atoms with Crippen molar-refractivity contribution in [1.82, 2.24) is 4.31 Å². The molecule has 4 rings (SSSR count). The zero-order valence-electron chi connectivity index (χ0n) is 18.1. The predicted octanol–water partition coefficient (Wildman–Crippen LogP) is 4.64. The van der Waals surface area contributed by atoms with Crippen LogP contribution in [0.1, 0.15) is 22.7 Å². The van der Waals surface area contributed by atoms with Crippen molar-refractivity contribution in [3.05, 3.63) is 83.4 Å². The quantitative estimate of drug-likeness (QED) is 0.498. The van der Waals surface area contributed by atoms with Crippen molar-refractivity contribution in [3.63, 3.8) is 0 Å². The molecule has 0 fully saturated rings. The molecule has 6 nitrogen and oxygen atoms in total. The molecule has 0 aliphatic carbocycles. The van der Waals surface area contributed by atoms with E-state index in [1.165, 1.54) is 35.7 Å². The highest BCUT2D eigenvalue weighted by atomic mass is 32.2. The van der Waals surface area contributed by atoms with E-state index in [2.05, 4.69) is 4.74 Å². The minimum absolute atomic E-state index is 0.146. The van der Waals surface area contributed by atoms with Crippen molar-refractivity contribution in [3.8, 4) is 17.2 Å². The third-order valence-corrected chi connectivity index (χ3v) is 7.50. The van der Waals surface area contributed by atoms with Gasteiger partial charge in [0.15, 0.2) is 11.5 Å². The van der Waals surface area contributed by atoms with Gasteiger partial charge in [0.1, 0.15) is 10.6 Å². The summed E-state index contributed by atoms with van der Waals surface area (Å²) in [4.78, 5) is -0.310. The van der Waals surface area contributed by atoms with Gasteiger partial charge >= 0.3 is 6.61 Å². The smallest absolute Gasteiger partial charge is 0.387 e. The number of para-hydroxylation sites is 1. The van der Waals surface area contributed by atoms with Gasteiger partial charge in [0.25, 0.3) is 0 Å². The highest BCUT2D eigenvalue weighted by Crippen LogP contribution is 2.44. The van der Waals surface area contributed by atoms with E-state index in [4.69, 9.17) is 9.47 Å². The van der Waals surface area contributed by atoms with Crippen molar-refractivity contribution in [2.75, 3.05) is 20.8 Å². The number of fused-ring (bicyclic) bond motifs is 1. The lowest BCUT2D eigenvalue weighted by Gasteiger charge is -2.37. The first-order valence-electron chi connectivity index (χ1n) is 10.2. The first-order valence-corrected chi connectivity index (χ1v) is 11.7. The summed E-state index contributed by atoms with van der Waals surface area (Å²) in [7, 11) is -1.16. The topological polar surface area (TPSA) is 65.1 Å². The fourth-order valence-electron chi connectivity index (χ4n) is 4.15. The first kappa shape index (κ1) is 23.0. The minimum atomic E-state index is -4.21. The molecule has 1 heterocycles.